The summed E-state index contributed by atoms with van der Waals surface area (Å²) in [5.74, 6) is 1.29. The van der Waals surface area contributed by atoms with Crippen molar-refractivity contribution in [1.29, 1.82) is 0 Å². The third kappa shape index (κ3) is 4.61. The van der Waals surface area contributed by atoms with Gasteiger partial charge >= 0.3 is 0 Å². The number of aromatic nitrogens is 4. The predicted octanol–water partition coefficient (Wildman–Crippen LogP) is 3.94. The Kier molecular flexibility index (Phi) is 6.58. The lowest BCUT2D eigenvalue weighted by Crippen LogP contribution is -2.29. The molecule has 4 rings (SSSR count). The van der Waals surface area contributed by atoms with Gasteiger partial charge in [0, 0.05) is 29.1 Å². The van der Waals surface area contributed by atoms with Gasteiger partial charge in [0.25, 0.3) is 5.56 Å². The van der Waals surface area contributed by atoms with Crippen LogP contribution in [0, 0.1) is 13.8 Å². The van der Waals surface area contributed by atoms with Crippen molar-refractivity contribution in [2.45, 2.75) is 33.7 Å². The molecular formula is C26H27N5O3. The highest BCUT2D eigenvalue weighted by Crippen LogP contribution is 2.19. The highest BCUT2D eigenvalue weighted by atomic mass is 16.5. The first-order chi connectivity index (χ1) is 16.4. The summed E-state index contributed by atoms with van der Waals surface area (Å²) in [5.41, 5.74) is 3.21. The molecule has 2 heterocycles. The minimum atomic E-state index is -0.361. The van der Waals surface area contributed by atoms with Crippen molar-refractivity contribution in [3.63, 3.8) is 0 Å². The molecule has 0 spiro atoms. The van der Waals surface area contributed by atoms with Gasteiger partial charge in [-0.05, 0) is 45.0 Å². The Labute approximate surface area is 197 Å². The van der Waals surface area contributed by atoms with Crippen LogP contribution in [0.25, 0.3) is 17.2 Å². The molecule has 4 aromatic rings. The third-order valence-electron chi connectivity index (χ3n) is 5.53. The average molecular weight is 458 g/mol. The van der Waals surface area contributed by atoms with E-state index in [0.29, 0.717) is 41.7 Å². The Bertz CT molecular complexity index is 1400. The number of carbonyl (C=O) groups is 1. The monoisotopic (exact) mass is 457 g/mol. The number of hydrogen-bond donors (Lipinski definition) is 1. The second-order valence-electron chi connectivity index (χ2n) is 7.96. The zero-order valence-corrected chi connectivity index (χ0v) is 19.5. The Morgan fingerprint density at radius 3 is 2.47 bits per heavy atom. The smallest absolute Gasteiger partial charge is 0.279 e. The van der Waals surface area contributed by atoms with Gasteiger partial charge in [0.05, 0.1) is 13.0 Å². The van der Waals surface area contributed by atoms with Gasteiger partial charge in [-0.15, -0.1) is 11.7 Å². The number of carbonyl (C=O) groups excluding carboxylic acids is 1. The number of hydrogen-bond acceptors (Lipinski definition) is 5. The van der Waals surface area contributed by atoms with Crippen LogP contribution in [-0.2, 0) is 17.8 Å². The summed E-state index contributed by atoms with van der Waals surface area (Å²) in [6.07, 6.45) is 1.63. The van der Waals surface area contributed by atoms with Crippen LogP contribution in [0.1, 0.15) is 23.7 Å². The maximum absolute atomic E-state index is 13.3. The highest BCUT2D eigenvalue weighted by molar-refractivity contribution is 5.92. The summed E-state index contributed by atoms with van der Waals surface area (Å²) in [6, 6.07) is 14.9. The van der Waals surface area contributed by atoms with Gasteiger partial charge in [0.1, 0.15) is 5.75 Å². The SMILES string of the molecule is C=CCn1c(C)c(CC(=O)Nc2ccc(OCC)cc2)c(=O)n2nc(-c3ccc(C)cc3)nc12. The fourth-order valence-corrected chi connectivity index (χ4v) is 3.75. The van der Waals surface area contributed by atoms with Crippen LogP contribution < -0.4 is 15.6 Å². The molecule has 0 aliphatic heterocycles. The lowest BCUT2D eigenvalue weighted by atomic mass is 10.1. The molecule has 0 aliphatic carbocycles. The van der Waals surface area contributed by atoms with E-state index in [4.69, 9.17) is 4.74 Å². The Morgan fingerprint density at radius 2 is 1.82 bits per heavy atom. The molecule has 0 bridgehead atoms. The number of benzene rings is 2. The van der Waals surface area contributed by atoms with Gasteiger partial charge in [-0.2, -0.15) is 9.50 Å². The zero-order valence-electron chi connectivity index (χ0n) is 19.5. The van der Waals surface area contributed by atoms with E-state index in [1.165, 1.54) is 4.52 Å². The fraction of sp³-hybridized carbons (Fsp3) is 0.231. The minimum Gasteiger partial charge on any atom is -0.494 e. The van der Waals surface area contributed by atoms with Crippen LogP contribution in [-0.4, -0.2) is 31.7 Å². The van der Waals surface area contributed by atoms with E-state index < -0.39 is 0 Å². The van der Waals surface area contributed by atoms with E-state index in [2.05, 4.69) is 22.0 Å². The molecule has 0 atom stereocenters. The first kappa shape index (κ1) is 23.0. The molecule has 1 N–H and O–H groups in total. The molecule has 0 saturated carbocycles. The number of fused-ring (bicyclic) bond motifs is 1. The summed E-state index contributed by atoms with van der Waals surface area (Å²) in [4.78, 5) is 30.8. The number of ether oxygens (including phenoxy) is 1. The van der Waals surface area contributed by atoms with Crippen molar-refractivity contribution in [1.82, 2.24) is 19.2 Å². The van der Waals surface area contributed by atoms with Gasteiger partial charge in [0.15, 0.2) is 5.82 Å². The Hall–Kier alpha value is -4.20. The highest BCUT2D eigenvalue weighted by Gasteiger charge is 2.20. The largest absolute Gasteiger partial charge is 0.494 e. The van der Waals surface area contributed by atoms with Crippen molar-refractivity contribution < 1.29 is 9.53 Å². The van der Waals surface area contributed by atoms with Crippen LogP contribution in [0.2, 0.25) is 0 Å². The molecule has 2 aromatic carbocycles. The number of anilines is 1. The molecule has 1 amide bonds. The molecule has 0 unspecified atom stereocenters. The van der Waals surface area contributed by atoms with E-state index in [1.54, 1.807) is 30.3 Å². The van der Waals surface area contributed by atoms with Gasteiger partial charge in [-0.25, -0.2) is 0 Å². The second-order valence-corrected chi connectivity index (χ2v) is 7.96. The maximum Gasteiger partial charge on any atom is 0.279 e. The number of aryl methyl sites for hydroxylation is 1. The first-order valence-corrected chi connectivity index (χ1v) is 11.1. The van der Waals surface area contributed by atoms with Crippen molar-refractivity contribution in [3.8, 4) is 17.1 Å². The number of allylic oxidation sites excluding steroid dienone is 1. The van der Waals surface area contributed by atoms with Crippen LogP contribution >= 0.6 is 0 Å². The molecule has 0 fully saturated rings. The Balaban J connectivity index is 1.69. The van der Waals surface area contributed by atoms with Crippen LogP contribution in [0.4, 0.5) is 5.69 Å². The molecule has 174 valence electrons. The molecule has 8 heteroatoms. The van der Waals surface area contributed by atoms with Crippen LogP contribution in [0.5, 0.6) is 5.75 Å². The predicted molar refractivity (Wildman–Crippen MR) is 132 cm³/mol. The van der Waals surface area contributed by atoms with Crippen molar-refractivity contribution in [2.24, 2.45) is 0 Å². The molecule has 0 aliphatic rings. The van der Waals surface area contributed by atoms with Gasteiger partial charge in [0.2, 0.25) is 11.7 Å². The summed E-state index contributed by atoms with van der Waals surface area (Å²) in [6.45, 7) is 10.5. The third-order valence-corrected chi connectivity index (χ3v) is 5.53. The van der Waals surface area contributed by atoms with Crippen LogP contribution in [0.3, 0.4) is 0 Å². The van der Waals surface area contributed by atoms with E-state index in [-0.39, 0.29) is 17.9 Å². The topological polar surface area (TPSA) is 90.5 Å². The molecule has 0 radical (unpaired) electrons. The van der Waals surface area contributed by atoms with Gasteiger partial charge in [-0.1, -0.05) is 35.9 Å². The lowest BCUT2D eigenvalue weighted by molar-refractivity contribution is -0.115. The standard InChI is InChI=1S/C26H27N5O3/c1-5-15-30-18(4)22(16-23(32)27-20-11-13-21(14-12-20)34-6-2)25(33)31-26(30)28-24(29-31)19-9-7-17(3)8-10-19/h5,7-14H,1,6,15-16H2,2-4H3,(H,27,32). The first-order valence-electron chi connectivity index (χ1n) is 11.1. The minimum absolute atomic E-state index is 0.0926. The number of amides is 1. The molecule has 34 heavy (non-hydrogen) atoms. The summed E-state index contributed by atoms with van der Waals surface area (Å²) >= 11 is 0. The maximum atomic E-state index is 13.3. The van der Waals surface area contributed by atoms with E-state index >= 15 is 0 Å². The second kappa shape index (κ2) is 9.74. The molecular weight excluding hydrogens is 430 g/mol. The van der Waals surface area contributed by atoms with Crippen molar-refractivity contribution in [3.05, 3.63) is 88.4 Å². The van der Waals surface area contributed by atoms with Gasteiger partial charge < -0.3 is 14.6 Å². The molecule has 2 aromatic heterocycles. The molecule has 8 nitrogen and oxygen atoms in total. The molecule has 0 saturated heterocycles. The number of rotatable bonds is 8. The van der Waals surface area contributed by atoms with Crippen molar-refractivity contribution >= 4 is 17.4 Å². The average Bonchev–Trinajstić information content (AvgIpc) is 3.27. The van der Waals surface area contributed by atoms with E-state index in [9.17, 15) is 9.59 Å². The Morgan fingerprint density at radius 1 is 1.12 bits per heavy atom. The summed E-state index contributed by atoms with van der Waals surface area (Å²) in [7, 11) is 0. The summed E-state index contributed by atoms with van der Waals surface area (Å²) < 4.78 is 8.54. The summed E-state index contributed by atoms with van der Waals surface area (Å²) in [5, 5.41) is 7.31. The zero-order chi connectivity index (χ0) is 24.2. The van der Waals surface area contributed by atoms with Crippen LogP contribution in [0.15, 0.2) is 66.0 Å². The quantitative estimate of drug-likeness (QED) is 0.405. The van der Waals surface area contributed by atoms with Crippen molar-refractivity contribution in [2.75, 3.05) is 11.9 Å². The number of nitrogens with one attached hydrogen (secondary N) is 1. The van der Waals surface area contributed by atoms with E-state index in [1.807, 2.05) is 49.6 Å². The van der Waals surface area contributed by atoms with Gasteiger partial charge in [-0.3, -0.25) is 9.59 Å². The fourth-order valence-electron chi connectivity index (χ4n) is 3.75. The normalized spacial score (nSPS) is 10.9. The lowest BCUT2D eigenvalue weighted by Gasteiger charge is -2.14. The van der Waals surface area contributed by atoms with E-state index in [0.717, 1.165) is 16.9 Å². The number of nitrogens with zero attached hydrogens (tertiary/aromatic N) is 4.